The second kappa shape index (κ2) is 7.22. The lowest BCUT2D eigenvalue weighted by Gasteiger charge is -2.18. The topological polar surface area (TPSA) is 86.5 Å². The fourth-order valence-electron chi connectivity index (χ4n) is 1.67. The molecule has 0 fully saturated rings. The summed E-state index contributed by atoms with van der Waals surface area (Å²) in [4.78, 5) is 14.3. The van der Waals surface area contributed by atoms with Crippen molar-refractivity contribution >= 4 is 23.0 Å². The number of halogens is 1. The number of methoxy groups -OCH3 is 2. The molecule has 0 amide bonds. The molecule has 0 aliphatic carbocycles. The van der Waals surface area contributed by atoms with E-state index in [1.165, 1.54) is 0 Å². The van der Waals surface area contributed by atoms with Crippen LogP contribution in [0.5, 0.6) is 0 Å². The zero-order valence-corrected chi connectivity index (χ0v) is 11.7. The molecule has 19 heavy (non-hydrogen) atoms. The quantitative estimate of drug-likeness (QED) is 0.469. The fourth-order valence-corrected chi connectivity index (χ4v) is 1.97. The number of nitrogens with one attached hydrogen (secondary N) is 1. The van der Waals surface area contributed by atoms with Crippen LogP contribution in [0.1, 0.15) is 5.69 Å². The van der Waals surface area contributed by atoms with Crippen LogP contribution in [0, 0.1) is 17.0 Å². The average Bonchev–Trinajstić information content (AvgIpc) is 2.27. The molecule has 0 radical (unpaired) electrons. The molecule has 0 saturated carbocycles. The largest absolute Gasteiger partial charge is 0.382 e. The van der Waals surface area contributed by atoms with Crippen molar-refractivity contribution in [1.29, 1.82) is 0 Å². The first-order valence-electron chi connectivity index (χ1n) is 5.55. The minimum Gasteiger partial charge on any atom is -0.382 e. The Bertz CT molecular complexity index is 450. The number of ether oxygens (including phenoxy) is 2. The molecule has 1 aromatic rings. The highest BCUT2D eigenvalue weighted by Crippen LogP contribution is 2.32. The Kier molecular flexibility index (Phi) is 5.94. The van der Waals surface area contributed by atoms with Crippen molar-refractivity contribution in [3.05, 3.63) is 27.0 Å². The SMILES string of the molecule is COCC(COC)Nc1cc(C)nc(Cl)c1[N+](=O)[O-]. The van der Waals surface area contributed by atoms with Gasteiger partial charge >= 0.3 is 5.69 Å². The molecule has 0 spiro atoms. The highest BCUT2D eigenvalue weighted by atomic mass is 35.5. The molecule has 0 aromatic carbocycles. The Morgan fingerprint density at radius 2 is 2.05 bits per heavy atom. The zero-order valence-electron chi connectivity index (χ0n) is 11.0. The second-order valence-corrected chi connectivity index (χ2v) is 4.32. The second-order valence-electron chi connectivity index (χ2n) is 3.96. The highest BCUT2D eigenvalue weighted by Gasteiger charge is 2.23. The number of nitrogens with zero attached hydrogens (tertiary/aromatic N) is 2. The first kappa shape index (κ1) is 15.6. The highest BCUT2D eigenvalue weighted by molar-refractivity contribution is 6.32. The number of nitro groups is 1. The predicted octanol–water partition coefficient (Wildman–Crippen LogP) is 2.02. The summed E-state index contributed by atoms with van der Waals surface area (Å²) in [5.74, 6) is 0. The molecule has 106 valence electrons. The van der Waals surface area contributed by atoms with E-state index in [-0.39, 0.29) is 16.9 Å². The number of anilines is 1. The molecule has 0 bridgehead atoms. The van der Waals surface area contributed by atoms with Crippen LogP contribution in [0.4, 0.5) is 11.4 Å². The van der Waals surface area contributed by atoms with Gasteiger partial charge in [-0.15, -0.1) is 0 Å². The van der Waals surface area contributed by atoms with Gasteiger partial charge in [0.2, 0.25) is 5.15 Å². The van der Waals surface area contributed by atoms with Gasteiger partial charge in [-0.1, -0.05) is 11.6 Å². The van der Waals surface area contributed by atoms with Gasteiger partial charge in [0.05, 0.1) is 24.2 Å². The van der Waals surface area contributed by atoms with Gasteiger partial charge in [-0.05, 0) is 13.0 Å². The van der Waals surface area contributed by atoms with Gasteiger partial charge in [-0.2, -0.15) is 0 Å². The van der Waals surface area contributed by atoms with Gasteiger partial charge in [0.15, 0.2) is 0 Å². The molecule has 1 rings (SSSR count). The number of pyridine rings is 1. The molecule has 7 nitrogen and oxygen atoms in total. The number of hydrogen-bond donors (Lipinski definition) is 1. The molecule has 1 N–H and O–H groups in total. The lowest BCUT2D eigenvalue weighted by molar-refractivity contribution is -0.384. The summed E-state index contributed by atoms with van der Waals surface area (Å²) in [5.41, 5.74) is 0.651. The summed E-state index contributed by atoms with van der Waals surface area (Å²) in [6, 6.07) is 1.36. The lowest BCUT2D eigenvalue weighted by atomic mass is 10.2. The van der Waals surface area contributed by atoms with Crippen LogP contribution in [-0.2, 0) is 9.47 Å². The Morgan fingerprint density at radius 3 is 2.53 bits per heavy atom. The Hall–Kier alpha value is -1.44. The molecular formula is C11H16ClN3O4. The van der Waals surface area contributed by atoms with E-state index in [9.17, 15) is 10.1 Å². The van der Waals surface area contributed by atoms with E-state index in [1.54, 1.807) is 27.2 Å². The van der Waals surface area contributed by atoms with E-state index >= 15 is 0 Å². The molecule has 1 aromatic heterocycles. The summed E-state index contributed by atoms with van der Waals surface area (Å²) in [6.07, 6.45) is 0. The van der Waals surface area contributed by atoms with E-state index in [0.29, 0.717) is 24.6 Å². The molecule has 0 unspecified atom stereocenters. The Labute approximate surface area is 116 Å². The molecule has 0 atom stereocenters. The van der Waals surface area contributed by atoms with Gasteiger partial charge < -0.3 is 14.8 Å². The van der Waals surface area contributed by atoms with Crippen molar-refractivity contribution in [2.24, 2.45) is 0 Å². The third-order valence-electron chi connectivity index (χ3n) is 2.36. The van der Waals surface area contributed by atoms with Gasteiger partial charge in [0.1, 0.15) is 5.69 Å². The van der Waals surface area contributed by atoms with Crippen molar-refractivity contribution in [2.75, 3.05) is 32.8 Å². The minimum absolute atomic E-state index is 0.138. The van der Waals surface area contributed by atoms with Gasteiger partial charge in [0.25, 0.3) is 0 Å². The zero-order chi connectivity index (χ0) is 14.4. The Morgan fingerprint density at radius 1 is 1.47 bits per heavy atom. The van der Waals surface area contributed by atoms with Crippen molar-refractivity contribution in [1.82, 2.24) is 4.98 Å². The van der Waals surface area contributed by atoms with Crippen molar-refractivity contribution in [3.63, 3.8) is 0 Å². The Balaban J connectivity index is 3.06. The van der Waals surface area contributed by atoms with Crippen LogP contribution in [0.15, 0.2) is 6.07 Å². The number of aryl methyl sites for hydroxylation is 1. The smallest absolute Gasteiger partial charge is 0.329 e. The van der Waals surface area contributed by atoms with Crippen molar-refractivity contribution in [3.8, 4) is 0 Å². The maximum Gasteiger partial charge on any atom is 0.329 e. The molecule has 8 heteroatoms. The monoisotopic (exact) mass is 289 g/mol. The maximum absolute atomic E-state index is 11.0. The number of hydrogen-bond acceptors (Lipinski definition) is 6. The van der Waals surface area contributed by atoms with Gasteiger partial charge in [0, 0.05) is 19.9 Å². The van der Waals surface area contributed by atoms with Crippen molar-refractivity contribution in [2.45, 2.75) is 13.0 Å². The van der Waals surface area contributed by atoms with Crippen LogP contribution >= 0.6 is 11.6 Å². The predicted molar refractivity (Wildman–Crippen MR) is 71.8 cm³/mol. The minimum atomic E-state index is -0.562. The lowest BCUT2D eigenvalue weighted by Crippen LogP contribution is -2.30. The molecule has 0 saturated heterocycles. The van der Waals surface area contributed by atoms with Crippen LogP contribution in [0.25, 0.3) is 0 Å². The van der Waals surface area contributed by atoms with Crippen molar-refractivity contribution < 1.29 is 14.4 Å². The van der Waals surface area contributed by atoms with E-state index in [0.717, 1.165) is 0 Å². The average molecular weight is 290 g/mol. The van der Waals surface area contributed by atoms with E-state index < -0.39 is 4.92 Å². The normalized spacial score (nSPS) is 10.8. The first-order chi connectivity index (χ1) is 8.99. The first-order valence-corrected chi connectivity index (χ1v) is 5.93. The number of aromatic nitrogens is 1. The van der Waals surface area contributed by atoms with Gasteiger partial charge in [-0.25, -0.2) is 4.98 Å². The third-order valence-corrected chi connectivity index (χ3v) is 2.62. The summed E-state index contributed by atoms with van der Waals surface area (Å²) in [5, 5.41) is 13.9. The van der Waals surface area contributed by atoms with Gasteiger partial charge in [-0.3, -0.25) is 10.1 Å². The van der Waals surface area contributed by atoms with Crippen LogP contribution in [0.3, 0.4) is 0 Å². The number of rotatable bonds is 7. The van der Waals surface area contributed by atoms with Crippen LogP contribution in [-0.4, -0.2) is 43.4 Å². The van der Waals surface area contributed by atoms with Crippen LogP contribution < -0.4 is 5.32 Å². The maximum atomic E-state index is 11.0. The summed E-state index contributed by atoms with van der Waals surface area (Å²) in [6.45, 7) is 2.41. The summed E-state index contributed by atoms with van der Waals surface area (Å²) in [7, 11) is 3.09. The van der Waals surface area contributed by atoms with E-state index in [2.05, 4.69) is 10.3 Å². The summed E-state index contributed by atoms with van der Waals surface area (Å²) >= 11 is 5.81. The molecular weight excluding hydrogens is 274 g/mol. The molecule has 0 aliphatic rings. The third kappa shape index (κ3) is 4.30. The van der Waals surface area contributed by atoms with E-state index in [4.69, 9.17) is 21.1 Å². The van der Waals surface area contributed by atoms with Crippen LogP contribution in [0.2, 0.25) is 5.15 Å². The summed E-state index contributed by atoms with van der Waals surface area (Å²) < 4.78 is 10.1. The molecule has 0 aliphatic heterocycles. The standard InChI is InChI=1S/C11H16ClN3O4/c1-7-4-9(10(15(16)17)11(12)13-7)14-8(5-18-2)6-19-3/h4,8H,5-6H2,1-3H3,(H,13,14). The molecule has 1 heterocycles. The fraction of sp³-hybridized carbons (Fsp3) is 0.545. The van der Waals surface area contributed by atoms with E-state index in [1.807, 2.05) is 0 Å².